The zero-order chi connectivity index (χ0) is 2.71. The zero-order valence-corrected chi connectivity index (χ0v) is 2.05. The molecule has 4 heteroatoms. The van der Waals surface area contributed by atoms with Crippen molar-refractivity contribution in [3.8, 4) is 0 Å². The second-order valence-electron chi connectivity index (χ2n) is 0.0690. The molecule has 0 aromatic rings. The first kappa shape index (κ1) is 8.82. The van der Waals surface area contributed by atoms with Crippen LogP contribution in [0.25, 0.3) is 0 Å². The Morgan fingerprint density at radius 2 is 1.75 bits per heavy atom. The lowest BCUT2D eigenvalue weighted by Gasteiger charge is -1.24. The van der Waals surface area contributed by atoms with E-state index in [-0.39, 0.29) is 17.4 Å². The summed E-state index contributed by atoms with van der Waals surface area (Å²) in [6.45, 7) is 0. The van der Waals surface area contributed by atoms with Gasteiger partial charge in [-0.15, -0.1) is 0 Å². The van der Waals surface area contributed by atoms with Gasteiger partial charge in [0.05, 0.1) is 12.4 Å². The van der Waals surface area contributed by atoms with Gasteiger partial charge in [-0.2, -0.15) is 0 Å². The molecule has 0 N–H and O–H groups in total. The van der Waals surface area contributed by atoms with Crippen molar-refractivity contribution in [3.63, 3.8) is 0 Å². The average molecular weight is 95.1 g/mol. The van der Waals surface area contributed by atoms with Gasteiger partial charge < -0.3 is 0 Å². The van der Waals surface area contributed by atoms with E-state index in [0.717, 1.165) is 0 Å². The first-order chi connectivity index (χ1) is 1.41. The molecule has 0 aliphatic rings. The minimum Gasteiger partial charge on any atom is -0.0621 e. The van der Waals surface area contributed by atoms with E-state index >= 15 is 0 Å². The van der Waals surface area contributed by atoms with Crippen LogP contribution in [0.1, 0.15) is 0 Å². The number of halogens is 1. The highest BCUT2D eigenvalue weighted by atomic mass is 32.1. The Kier molecular flexibility index (Phi) is 21.5. The maximum Gasteiger partial charge on any atom is 0.187 e. The summed E-state index contributed by atoms with van der Waals surface area (Å²) in [5, 5.41) is 0. The van der Waals surface area contributed by atoms with E-state index in [1.54, 1.807) is 4.58 Å². The molecule has 1 nitrogen and oxygen atoms in total. The lowest BCUT2D eigenvalue weighted by atomic mass is 13.8. The van der Waals surface area contributed by atoms with Crippen molar-refractivity contribution >= 4 is 29.8 Å². The van der Waals surface area contributed by atoms with E-state index in [1.165, 1.54) is 0 Å². The molecule has 0 aliphatic carbocycles. The lowest BCUT2D eigenvalue weighted by Crippen LogP contribution is -1.01. The Balaban J connectivity index is 0. The van der Waals surface area contributed by atoms with Crippen LogP contribution in [0.5, 0.6) is 0 Å². The van der Waals surface area contributed by atoms with E-state index in [0.29, 0.717) is 0 Å². The molecule has 0 aliphatic heterocycles. The first-order valence-electron chi connectivity index (χ1n) is 0.352. The molecule has 4 heavy (non-hydrogen) atoms. The molecular formula is H3AlFNS. The van der Waals surface area contributed by atoms with Gasteiger partial charge in [-0.25, -0.2) is 0 Å². The normalized spacial score (nSPS) is 3.25. The quantitative estimate of drug-likeness (QED) is 0.366. The summed E-state index contributed by atoms with van der Waals surface area (Å²) in [6, 6.07) is 0. The van der Waals surface area contributed by atoms with Crippen molar-refractivity contribution in [3.05, 3.63) is 0 Å². The molecule has 0 atom stereocenters. The average Bonchev–Trinajstić information content (AvgIpc) is 0.918. The van der Waals surface area contributed by atoms with Crippen molar-refractivity contribution in [2.75, 3.05) is 0 Å². The van der Waals surface area contributed by atoms with Crippen LogP contribution in [0.15, 0.2) is 4.58 Å². The molecule has 0 bridgehead atoms. The van der Waals surface area contributed by atoms with Crippen LogP contribution in [-0.2, 0) is 12.4 Å². The van der Waals surface area contributed by atoms with E-state index in [2.05, 4.69) is 12.4 Å². The highest BCUT2D eigenvalue weighted by Gasteiger charge is 1.21. The van der Waals surface area contributed by atoms with Crippen molar-refractivity contribution in [2.45, 2.75) is 0 Å². The van der Waals surface area contributed by atoms with E-state index in [9.17, 15) is 4.48 Å². The smallest absolute Gasteiger partial charge is 0.0621 e. The molecular weight excluding hydrogens is 92.1 g/mol. The molecule has 0 rings (SSSR count). The van der Waals surface area contributed by atoms with E-state index in [4.69, 9.17) is 0 Å². The maximum absolute atomic E-state index is 9.73. The molecule has 0 spiro atoms. The zero-order valence-electron chi connectivity index (χ0n) is 1.23. The second-order valence-corrected chi connectivity index (χ2v) is 0.207. The molecule has 0 aromatic heterocycles. The van der Waals surface area contributed by atoms with Gasteiger partial charge in [-0.3, -0.25) is 0 Å². The summed E-state index contributed by atoms with van der Waals surface area (Å²) in [7, 11) is 0. The van der Waals surface area contributed by atoms with Gasteiger partial charge in [0.25, 0.3) is 0 Å². The molecule has 24 valence electrons. The van der Waals surface area contributed by atoms with Gasteiger partial charge in [-0.05, 0) is 4.58 Å². The van der Waals surface area contributed by atoms with Crippen LogP contribution in [0.3, 0.4) is 0 Å². The molecule has 0 unspecified atom stereocenters. The van der Waals surface area contributed by atoms with Gasteiger partial charge in [0.1, 0.15) is 0 Å². The molecule has 0 fully saturated rings. The van der Waals surface area contributed by atoms with E-state index in [1.807, 2.05) is 0 Å². The first-order valence-corrected chi connectivity index (χ1v) is 0.717. The Labute approximate surface area is 39.4 Å². The highest BCUT2D eigenvalue weighted by Crippen LogP contribution is 1.47. The Hall–Kier alpha value is 0.482. The Morgan fingerprint density at radius 1 is 1.75 bits per heavy atom. The molecule has 0 radical (unpaired) electrons. The molecule has 0 heterocycles. The monoisotopic (exact) mass is 95.0 g/mol. The number of nitrogens with zero attached hydrogens (tertiary/aromatic N) is 1. The summed E-state index contributed by atoms with van der Waals surface area (Å²) >= 11 is 3.35. The van der Waals surface area contributed by atoms with E-state index < -0.39 is 0 Å². The second kappa shape index (κ2) is 9.77. The lowest BCUT2D eigenvalue weighted by molar-refractivity contribution is 0.553. The van der Waals surface area contributed by atoms with Gasteiger partial charge in [0.15, 0.2) is 17.4 Å². The van der Waals surface area contributed by atoms with Crippen molar-refractivity contribution in [2.24, 2.45) is 4.58 Å². The summed E-state index contributed by atoms with van der Waals surface area (Å²) < 4.78 is 11.3. The minimum atomic E-state index is 0. The van der Waals surface area contributed by atoms with Gasteiger partial charge in [0, 0.05) is 0 Å². The maximum atomic E-state index is 9.73. The van der Waals surface area contributed by atoms with Crippen LogP contribution < -0.4 is 0 Å². The SMILES string of the molecule is FN=S.[AlH3]. The molecule has 0 saturated heterocycles. The molecule has 0 amide bonds. The summed E-state index contributed by atoms with van der Waals surface area (Å²) in [6.07, 6.45) is 0. The minimum absolute atomic E-state index is 0. The van der Waals surface area contributed by atoms with Crippen LogP contribution in [0.4, 0.5) is 4.48 Å². The van der Waals surface area contributed by atoms with Crippen LogP contribution in [0, 0.1) is 0 Å². The third-order valence-electron chi connectivity index (χ3n) is 0. The third-order valence-corrected chi connectivity index (χ3v) is 0. The molecule has 0 saturated carbocycles. The van der Waals surface area contributed by atoms with Crippen molar-refractivity contribution in [1.29, 1.82) is 0 Å². The van der Waals surface area contributed by atoms with Crippen LogP contribution in [0.2, 0.25) is 0 Å². The predicted octanol–water partition coefficient (Wildman–Crippen LogP) is -0.583. The molecule has 0 aromatic carbocycles. The summed E-state index contributed by atoms with van der Waals surface area (Å²) in [5.74, 6) is 0. The topological polar surface area (TPSA) is 12.4 Å². The van der Waals surface area contributed by atoms with Crippen LogP contribution >= 0.6 is 0 Å². The fraction of sp³-hybridized carbons (Fsp3) is 0. The number of hydrogen-bond acceptors (Lipinski definition) is 2. The van der Waals surface area contributed by atoms with Crippen molar-refractivity contribution in [1.82, 2.24) is 0 Å². The fourth-order valence-corrected chi connectivity index (χ4v) is 0. The van der Waals surface area contributed by atoms with Crippen LogP contribution in [-0.4, -0.2) is 17.4 Å². The summed E-state index contributed by atoms with van der Waals surface area (Å²) in [4.78, 5) is 0. The number of rotatable bonds is 0. The largest absolute Gasteiger partial charge is 0.187 e. The van der Waals surface area contributed by atoms with Gasteiger partial charge in [-0.1, -0.05) is 4.48 Å². The third kappa shape index (κ3) is 23.4. The Morgan fingerprint density at radius 3 is 1.75 bits per heavy atom. The Bertz CT molecular complexity index is 15.5. The standard InChI is InChI=1S/Al.FNS.3H/c;1-2-3;;;. The number of hydrogen-bond donors (Lipinski definition) is 0. The van der Waals surface area contributed by atoms with Gasteiger partial charge in [0.2, 0.25) is 0 Å². The predicted molar refractivity (Wildman–Crippen MR) is 20.8 cm³/mol. The fourth-order valence-electron chi connectivity index (χ4n) is 0. The highest BCUT2D eigenvalue weighted by molar-refractivity contribution is 7.47. The van der Waals surface area contributed by atoms with Crippen molar-refractivity contribution < 1.29 is 4.48 Å². The van der Waals surface area contributed by atoms with Gasteiger partial charge >= 0.3 is 0 Å². The summed E-state index contributed by atoms with van der Waals surface area (Å²) in [5.41, 5.74) is 0.